The maximum absolute atomic E-state index is 13.2. The molecule has 5 rings (SSSR count). The second-order valence-electron chi connectivity index (χ2n) is 10.6. The first-order valence-electron chi connectivity index (χ1n) is 13.4. The van der Waals surface area contributed by atoms with Gasteiger partial charge in [0, 0.05) is 29.2 Å². The SMILES string of the molecule is COc1ccc(C(=O)Nc2cc3ccc(O[C@@H]4OC(C)(C)[C@H](OC)[C@H](O)C4O)c(C)c3oc2=O)cc1-c1ccccc1. The molecule has 1 amide bonds. The van der Waals surface area contributed by atoms with Crippen molar-refractivity contribution in [3.63, 3.8) is 0 Å². The van der Waals surface area contributed by atoms with Crippen LogP contribution in [0.2, 0.25) is 0 Å². The van der Waals surface area contributed by atoms with Gasteiger partial charge in [0.2, 0.25) is 6.29 Å². The molecular weight excluding hydrogens is 542 g/mol. The molecule has 1 saturated heterocycles. The number of benzene rings is 3. The van der Waals surface area contributed by atoms with Gasteiger partial charge in [-0.15, -0.1) is 0 Å². The van der Waals surface area contributed by atoms with E-state index in [1.807, 2.05) is 30.3 Å². The third kappa shape index (κ3) is 5.49. The topological polar surface area (TPSA) is 137 Å². The zero-order chi connectivity index (χ0) is 30.2. The van der Waals surface area contributed by atoms with E-state index < -0.39 is 41.7 Å². The van der Waals surface area contributed by atoms with Crippen LogP contribution in [-0.2, 0) is 9.47 Å². The first kappa shape index (κ1) is 29.3. The lowest BCUT2D eigenvalue weighted by Gasteiger charge is -2.46. The number of aryl methyl sites for hydroxylation is 1. The maximum Gasteiger partial charge on any atom is 0.360 e. The van der Waals surface area contributed by atoms with E-state index in [1.165, 1.54) is 13.2 Å². The summed E-state index contributed by atoms with van der Waals surface area (Å²) in [5.74, 6) is 0.411. The van der Waals surface area contributed by atoms with E-state index >= 15 is 0 Å². The third-order valence-electron chi connectivity index (χ3n) is 7.44. The number of anilines is 1. The molecule has 0 bridgehead atoms. The number of ether oxygens (including phenoxy) is 4. The summed E-state index contributed by atoms with van der Waals surface area (Å²) < 4.78 is 28.2. The van der Waals surface area contributed by atoms with Crippen molar-refractivity contribution in [2.75, 3.05) is 19.5 Å². The summed E-state index contributed by atoms with van der Waals surface area (Å²) in [7, 11) is 2.99. The zero-order valence-electron chi connectivity index (χ0n) is 23.9. The van der Waals surface area contributed by atoms with Gasteiger partial charge >= 0.3 is 5.63 Å². The molecule has 4 aromatic rings. The second-order valence-corrected chi connectivity index (χ2v) is 10.6. The monoisotopic (exact) mass is 575 g/mol. The minimum Gasteiger partial charge on any atom is -0.496 e. The Balaban J connectivity index is 1.40. The number of amides is 1. The van der Waals surface area contributed by atoms with Gasteiger partial charge in [0.05, 0.1) is 12.7 Å². The summed E-state index contributed by atoms with van der Waals surface area (Å²) in [6, 6.07) is 19.4. The molecule has 1 unspecified atom stereocenters. The van der Waals surface area contributed by atoms with Crippen molar-refractivity contribution in [2.45, 2.75) is 51.0 Å². The summed E-state index contributed by atoms with van der Waals surface area (Å²) in [4.78, 5) is 26.1. The van der Waals surface area contributed by atoms with Crippen LogP contribution in [0.5, 0.6) is 11.5 Å². The molecule has 4 atom stereocenters. The lowest BCUT2D eigenvalue weighted by Crippen LogP contribution is -2.63. The van der Waals surface area contributed by atoms with Crippen LogP contribution in [-0.4, -0.2) is 60.5 Å². The number of aliphatic hydroxyl groups is 2. The predicted octanol–water partition coefficient (Wildman–Crippen LogP) is 4.28. The molecule has 2 heterocycles. The number of methoxy groups -OCH3 is 2. The molecule has 0 aliphatic carbocycles. The molecule has 0 saturated carbocycles. The van der Waals surface area contributed by atoms with Crippen LogP contribution in [0.3, 0.4) is 0 Å². The molecule has 42 heavy (non-hydrogen) atoms. The Hall–Kier alpha value is -4.22. The van der Waals surface area contributed by atoms with E-state index in [0.717, 1.165) is 11.1 Å². The van der Waals surface area contributed by atoms with E-state index in [-0.39, 0.29) is 17.0 Å². The number of hydrogen-bond acceptors (Lipinski definition) is 9. The maximum atomic E-state index is 13.2. The molecule has 3 N–H and O–H groups in total. The Morgan fingerprint density at radius 1 is 0.952 bits per heavy atom. The zero-order valence-corrected chi connectivity index (χ0v) is 23.9. The van der Waals surface area contributed by atoms with Crippen LogP contribution in [0.25, 0.3) is 22.1 Å². The van der Waals surface area contributed by atoms with Gasteiger partial charge in [-0.1, -0.05) is 30.3 Å². The average molecular weight is 576 g/mol. The third-order valence-corrected chi connectivity index (χ3v) is 7.44. The standard InChI is InChI=1S/C32H33NO9/c1-17-23(40-31-26(35)25(34)28(39-5)32(2,3)42-31)13-11-19-16-22(30(37)41-27(17)19)33-29(36)20-12-14-24(38-4)21(15-20)18-9-7-6-8-10-18/h6-16,25-26,28,31,34-35H,1-5H3,(H,33,36)/t25-,26?,28-,31-/m1/s1. The Labute approximate surface area is 242 Å². The molecule has 3 aromatic carbocycles. The van der Waals surface area contributed by atoms with E-state index in [9.17, 15) is 19.8 Å². The lowest BCUT2D eigenvalue weighted by molar-refractivity contribution is -0.306. The molecule has 0 radical (unpaired) electrons. The summed E-state index contributed by atoms with van der Waals surface area (Å²) in [5.41, 5.74) is 0.939. The fraction of sp³-hybridized carbons (Fsp3) is 0.312. The van der Waals surface area contributed by atoms with E-state index in [4.69, 9.17) is 23.4 Å². The highest BCUT2D eigenvalue weighted by atomic mass is 16.7. The van der Waals surface area contributed by atoms with Gasteiger partial charge in [-0.25, -0.2) is 4.79 Å². The van der Waals surface area contributed by atoms with Gasteiger partial charge in [0.15, 0.2) is 0 Å². The fourth-order valence-corrected chi connectivity index (χ4v) is 5.24. The van der Waals surface area contributed by atoms with Crippen molar-refractivity contribution >= 4 is 22.6 Å². The summed E-state index contributed by atoms with van der Waals surface area (Å²) in [6.45, 7) is 5.14. The number of carbonyl (C=O) groups excluding carboxylic acids is 1. The van der Waals surface area contributed by atoms with E-state index in [1.54, 1.807) is 58.2 Å². The minimum atomic E-state index is -1.39. The van der Waals surface area contributed by atoms with Crippen LogP contribution >= 0.6 is 0 Å². The van der Waals surface area contributed by atoms with Crippen molar-refractivity contribution in [3.8, 4) is 22.6 Å². The lowest BCUT2D eigenvalue weighted by atomic mass is 9.89. The van der Waals surface area contributed by atoms with Gasteiger partial charge in [-0.2, -0.15) is 0 Å². The molecule has 1 fully saturated rings. The van der Waals surface area contributed by atoms with Gasteiger partial charge < -0.3 is 38.9 Å². The largest absolute Gasteiger partial charge is 0.496 e. The number of aliphatic hydroxyl groups excluding tert-OH is 2. The molecule has 1 aliphatic rings. The van der Waals surface area contributed by atoms with Crippen LogP contribution in [0.4, 0.5) is 5.69 Å². The highest BCUT2D eigenvalue weighted by Gasteiger charge is 2.50. The van der Waals surface area contributed by atoms with Crippen molar-refractivity contribution in [3.05, 3.63) is 88.3 Å². The molecule has 1 aliphatic heterocycles. The summed E-state index contributed by atoms with van der Waals surface area (Å²) >= 11 is 0. The number of carbonyl (C=O) groups is 1. The van der Waals surface area contributed by atoms with Gasteiger partial charge in [0.25, 0.3) is 5.91 Å². The van der Waals surface area contributed by atoms with Crippen LogP contribution in [0, 0.1) is 6.92 Å². The predicted molar refractivity (Wildman–Crippen MR) is 156 cm³/mol. The normalized spacial score (nSPS) is 21.6. The Bertz CT molecular complexity index is 1660. The fourth-order valence-electron chi connectivity index (χ4n) is 5.24. The Kier molecular flexibility index (Phi) is 8.07. The highest BCUT2D eigenvalue weighted by molar-refractivity contribution is 6.05. The van der Waals surface area contributed by atoms with E-state index in [2.05, 4.69) is 5.32 Å². The Morgan fingerprint density at radius 2 is 1.67 bits per heavy atom. The van der Waals surface area contributed by atoms with Gasteiger partial charge in [-0.3, -0.25) is 4.79 Å². The first-order chi connectivity index (χ1) is 20.0. The Morgan fingerprint density at radius 3 is 2.36 bits per heavy atom. The van der Waals surface area contributed by atoms with Gasteiger partial charge in [-0.05, 0) is 62.7 Å². The minimum absolute atomic E-state index is 0.0286. The van der Waals surface area contributed by atoms with Crippen molar-refractivity contribution in [1.82, 2.24) is 0 Å². The van der Waals surface area contributed by atoms with Crippen molar-refractivity contribution in [2.24, 2.45) is 0 Å². The molecular formula is C32H33NO9. The average Bonchev–Trinajstić information content (AvgIpc) is 2.98. The van der Waals surface area contributed by atoms with Gasteiger partial charge in [0.1, 0.15) is 41.1 Å². The molecule has 10 nitrogen and oxygen atoms in total. The van der Waals surface area contributed by atoms with E-state index in [0.29, 0.717) is 22.3 Å². The number of nitrogens with one attached hydrogen (secondary N) is 1. The number of hydrogen-bond donors (Lipinski definition) is 3. The molecule has 220 valence electrons. The quantitative estimate of drug-likeness (QED) is 0.276. The molecule has 0 spiro atoms. The number of rotatable bonds is 7. The van der Waals surface area contributed by atoms with Crippen molar-refractivity contribution < 1.29 is 38.4 Å². The molecule has 1 aromatic heterocycles. The van der Waals surface area contributed by atoms with Crippen LogP contribution < -0.4 is 20.4 Å². The van der Waals surface area contributed by atoms with Crippen LogP contribution in [0.1, 0.15) is 29.8 Å². The van der Waals surface area contributed by atoms with Crippen molar-refractivity contribution in [1.29, 1.82) is 0 Å². The smallest absolute Gasteiger partial charge is 0.360 e. The second kappa shape index (κ2) is 11.6. The first-order valence-corrected chi connectivity index (χ1v) is 13.4. The number of fused-ring (bicyclic) bond motifs is 1. The molecule has 10 heteroatoms. The highest BCUT2D eigenvalue weighted by Crippen LogP contribution is 2.35. The van der Waals surface area contributed by atoms with Crippen LogP contribution in [0.15, 0.2) is 75.9 Å². The summed E-state index contributed by atoms with van der Waals surface area (Å²) in [5, 5.41) is 24.3. The summed E-state index contributed by atoms with van der Waals surface area (Å²) in [6.07, 6.45) is -4.60.